The van der Waals surface area contributed by atoms with Gasteiger partial charge in [0.2, 0.25) is 17.7 Å². The van der Waals surface area contributed by atoms with E-state index in [0.29, 0.717) is 11.1 Å². The Bertz CT molecular complexity index is 1580. The molecule has 2 aromatic carbocycles. The summed E-state index contributed by atoms with van der Waals surface area (Å²) in [6.07, 6.45) is 1.87. The average molecular weight is 579 g/mol. The van der Waals surface area contributed by atoms with E-state index in [9.17, 15) is 34.5 Å². The Balaban J connectivity index is 1.52. The predicted octanol–water partition coefficient (Wildman–Crippen LogP) is -0.326. The summed E-state index contributed by atoms with van der Waals surface area (Å²) < 4.78 is 0. The lowest BCUT2D eigenvalue weighted by Gasteiger charge is -2.26. The number of carbonyl (C=O) groups is 4. The summed E-state index contributed by atoms with van der Waals surface area (Å²) in [5.74, 6) is -3.83. The van der Waals surface area contributed by atoms with Crippen LogP contribution in [0.5, 0.6) is 0 Å². The smallest absolute Gasteiger partial charge is 0.326 e. The second kappa shape index (κ2) is 13.3. The van der Waals surface area contributed by atoms with Gasteiger partial charge in [0.1, 0.15) is 24.2 Å². The minimum absolute atomic E-state index is 0.00774. The maximum absolute atomic E-state index is 13.4. The average Bonchev–Trinajstić information content (AvgIpc) is 3.58. The molecular formula is C29H34N6O7. The number of aliphatic hydroxyl groups is 2. The van der Waals surface area contributed by atoms with Crippen molar-refractivity contribution < 1.29 is 34.5 Å². The molecule has 4 aromatic rings. The highest BCUT2D eigenvalue weighted by Gasteiger charge is 2.33. The van der Waals surface area contributed by atoms with Gasteiger partial charge < -0.3 is 47.0 Å². The zero-order valence-electron chi connectivity index (χ0n) is 22.8. The molecule has 0 aliphatic carbocycles. The molecule has 4 rings (SSSR count). The quantitative estimate of drug-likeness (QED) is 0.102. The number of amides is 3. The van der Waals surface area contributed by atoms with Gasteiger partial charge in [0.25, 0.3) is 0 Å². The molecule has 0 saturated heterocycles. The summed E-state index contributed by atoms with van der Waals surface area (Å²) in [6.45, 7) is 0.619. The number of carboxylic acid groups (broad SMARTS) is 1. The van der Waals surface area contributed by atoms with Crippen LogP contribution in [0.3, 0.4) is 0 Å². The Hall–Kier alpha value is -4.72. The van der Waals surface area contributed by atoms with Crippen molar-refractivity contribution in [3.05, 3.63) is 72.1 Å². The van der Waals surface area contributed by atoms with E-state index in [4.69, 9.17) is 5.73 Å². The number of aromatic nitrogens is 2. The first-order valence-electron chi connectivity index (χ1n) is 13.4. The lowest BCUT2D eigenvalue weighted by Crippen LogP contribution is -2.60. The zero-order valence-corrected chi connectivity index (χ0v) is 22.8. The highest BCUT2D eigenvalue weighted by atomic mass is 16.4. The van der Waals surface area contributed by atoms with E-state index in [1.165, 1.54) is 6.92 Å². The molecule has 5 unspecified atom stereocenters. The molecule has 0 aliphatic heterocycles. The molecule has 3 amide bonds. The van der Waals surface area contributed by atoms with Gasteiger partial charge in [-0.2, -0.15) is 0 Å². The minimum atomic E-state index is -1.55. The number of para-hydroxylation sites is 2. The first kappa shape index (κ1) is 30.2. The van der Waals surface area contributed by atoms with Crippen LogP contribution in [-0.2, 0) is 32.0 Å². The molecule has 222 valence electrons. The van der Waals surface area contributed by atoms with Crippen LogP contribution in [-0.4, -0.2) is 85.9 Å². The zero-order chi connectivity index (χ0) is 30.4. The number of hydrogen-bond donors (Lipinski definition) is 9. The van der Waals surface area contributed by atoms with Crippen LogP contribution >= 0.6 is 0 Å². The molecular weight excluding hydrogens is 544 g/mol. The third kappa shape index (κ3) is 6.94. The number of carboxylic acids is 1. The molecule has 5 atom stereocenters. The highest BCUT2D eigenvalue weighted by molar-refractivity contribution is 5.95. The summed E-state index contributed by atoms with van der Waals surface area (Å²) in [4.78, 5) is 57.4. The number of fused-ring (bicyclic) bond motifs is 2. The molecule has 13 nitrogen and oxygen atoms in total. The Morgan fingerprint density at radius 1 is 0.786 bits per heavy atom. The van der Waals surface area contributed by atoms with Crippen LogP contribution in [0.1, 0.15) is 18.1 Å². The number of H-pyrrole nitrogens is 2. The van der Waals surface area contributed by atoms with Crippen molar-refractivity contribution in [2.75, 3.05) is 6.61 Å². The van der Waals surface area contributed by atoms with E-state index in [0.717, 1.165) is 21.8 Å². The van der Waals surface area contributed by atoms with E-state index in [1.54, 1.807) is 12.4 Å². The van der Waals surface area contributed by atoms with E-state index in [1.807, 2.05) is 48.5 Å². The number of carbonyl (C=O) groups excluding carboxylic acids is 3. The predicted molar refractivity (Wildman–Crippen MR) is 154 cm³/mol. The second-order valence-electron chi connectivity index (χ2n) is 10.1. The molecule has 10 N–H and O–H groups in total. The number of nitrogens with one attached hydrogen (secondary N) is 5. The number of aromatic amines is 2. The molecule has 13 heteroatoms. The van der Waals surface area contributed by atoms with Crippen LogP contribution in [0.4, 0.5) is 0 Å². The SMILES string of the molecule is CC(O)C(NC(=O)C(Cc1c[nH]c2ccccc12)NC(=O)C(N)CO)C(=O)NC(Cc1c[nH]c2ccccc12)C(=O)O. The van der Waals surface area contributed by atoms with Crippen molar-refractivity contribution in [3.8, 4) is 0 Å². The molecule has 0 saturated carbocycles. The van der Waals surface area contributed by atoms with Crippen molar-refractivity contribution in [1.82, 2.24) is 25.9 Å². The fraction of sp³-hybridized carbons (Fsp3) is 0.310. The van der Waals surface area contributed by atoms with Gasteiger partial charge in [-0.15, -0.1) is 0 Å². The summed E-state index contributed by atoms with van der Waals surface area (Å²) in [6, 6.07) is 9.20. The molecule has 0 fully saturated rings. The lowest BCUT2D eigenvalue weighted by atomic mass is 10.0. The first-order valence-corrected chi connectivity index (χ1v) is 13.4. The molecule has 0 spiro atoms. The topological polar surface area (TPSA) is 223 Å². The fourth-order valence-electron chi connectivity index (χ4n) is 4.73. The van der Waals surface area contributed by atoms with Crippen LogP contribution in [0.2, 0.25) is 0 Å². The normalized spacial score (nSPS) is 15.0. The van der Waals surface area contributed by atoms with E-state index < -0.39 is 60.6 Å². The Kier molecular flexibility index (Phi) is 9.57. The van der Waals surface area contributed by atoms with Crippen molar-refractivity contribution in [1.29, 1.82) is 0 Å². The standard InChI is InChI=1S/C29H34N6O7/c1-15(37)25(28(40)34-24(29(41)42)11-17-13-32-22-9-5-3-7-19(17)22)35-27(39)23(33-26(38)20(30)14-36)10-16-12-31-21-8-4-2-6-18(16)21/h2-9,12-13,15,20,23-25,31-32,36-37H,10-11,14,30H2,1H3,(H,33,38)(H,34,40)(H,35,39)(H,41,42). The fourth-order valence-corrected chi connectivity index (χ4v) is 4.73. The molecule has 2 aromatic heterocycles. The molecule has 0 aliphatic rings. The van der Waals surface area contributed by atoms with Gasteiger partial charge in [-0.3, -0.25) is 14.4 Å². The summed E-state index contributed by atoms with van der Waals surface area (Å²) in [5.41, 5.74) is 8.60. The van der Waals surface area contributed by atoms with Crippen molar-refractivity contribution in [3.63, 3.8) is 0 Å². The van der Waals surface area contributed by atoms with Crippen LogP contribution in [0, 0.1) is 0 Å². The molecule has 0 bridgehead atoms. The van der Waals surface area contributed by atoms with Crippen molar-refractivity contribution in [2.45, 2.75) is 50.0 Å². The van der Waals surface area contributed by atoms with E-state index in [2.05, 4.69) is 25.9 Å². The minimum Gasteiger partial charge on any atom is -0.480 e. The number of benzene rings is 2. The van der Waals surface area contributed by atoms with Gasteiger partial charge in [-0.05, 0) is 30.2 Å². The molecule has 0 radical (unpaired) electrons. The summed E-state index contributed by atoms with van der Waals surface area (Å²) in [7, 11) is 0. The van der Waals surface area contributed by atoms with Gasteiger partial charge >= 0.3 is 5.97 Å². The lowest BCUT2D eigenvalue weighted by molar-refractivity contribution is -0.143. The van der Waals surface area contributed by atoms with Gasteiger partial charge in [-0.1, -0.05) is 36.4 Å². The third-order valence-electron chi connectivity index (χ3n) is 7.04. The maximum atomic E-state index is 13.4. The number of hydrogen-bond acceptors (Lipinski definition) is 7. The molecule has 42 heavy (non-hydrogen) atoms. The highest BCUT2D eigenvalue weighted by Crippen LogP contribution is 2.20. The number of nitrogens with two attached hydrogens (primary N) is 1. The number of aliphatic hydroxyl groups excluding tert-OH is 2. The van der Waals surface area contributed by atoms with Crippen LogP contribution < -0.4 is 21.7 Å². The van der Waals surface area contributed by atoms with Gasteiger partial charge in [-0.25, -0.2) is 4.79 Å². The maximum Gasteiger partial charge on any atom is 0.326 e. The largest absolute Gasteiger partial charge is 0.480 e. The monoisotopic (exact) mass is 578 g/mol. The summed E-state index contributed by atoms with van der Waals surface area (Å²) >= 11 is 0. The van der Waals surface area contributed by atoms with E-state index in [-0.39, 0.29) is 12.8 Å². The van der Waals surface area contributed by atoms with E-state index >= 15 is 0 Å². The third-order valence-corrected chi connectivity index (χ3v) is 7.04. The van der Waals surface area contributed by atoms with Gasteiger partial charge in [0.15, 0.2) is 0 Å². The van der Waals surface area contributed by atoms with Crippen LogP contribution in [0.25, 0.3) is 21.8 Å². The van der Waals surface area contributed by atoms with Crippen molar-refractivity contribution in [2.24, 2.45) is 5.73 Å². The van der Waals surface area contributed by atoms with Crippen LogP contribution in [0.15, 0.2) is 60.9 Å². The van der Waals surface area contributed by atoms with Gasteiger partial charge in [0.05, 0.1) is 12.7 Å². The van der Waals surface area contributed by atoms with Crippen molar-refractivity contribution >= 4 is 45.5 Å². The Labute approximate surface area is 240 Å². The van der Waals surface area contributed by atoms with Gasteiger partial charge in [0, 0.05) is 47.0 Å². The second-order valence-corrected chi connectivity index (χ2v) is 10.1. The molecule has 2 heterocycles. The number of rotatable bonds is 13. The summed E-state index contributed by atoms with van der Waals surface area (Å²) in [5, 5.41) is 38.5. The first-order chi connectivity index (χ1) is 20.1. The Morgan fingerprint density at radius 2 is 1.29 bits per heavy atom. The number of aliphatic carboxylic acids is 1. The Morgan fingerprint density at radius 3 is 1.79 bits per heavy atom.